The van der Waals surface area contributed by atoms with Crippen molar-refractivity contribution in [3.8, 4) is 11.8 Å². The number of nitrogens with zero attached hydrogens (tertiary/aromatic N) is 2. The normalized spacial score (nSPS) is 19.5. The van der Waals surface area contributed by atoms with Crippen LogP contribution in [0.25, 0.3) is 5.69 Å². The summed E-state index contributed by atoms with van der Waals surface area (Å²) >= 11 is 0. The molecule has 3 rings (SSSR count). The highest BCUT2D eigenvalue weighted by Gasteiger charge is 2.26. The van der Waals surface area contributed by atoms with Crippen molar-refractivity contribution in [1.82, 2.24) is 4.57 Å². The Labute approximate surface area is 159 Å². The molecular weight excluding hydrogens is 343 g/mol. The van der Waals surface area contributed by atoms with Crippen LogP contribution in [0.2, 0.25) is 0 Å². The molecule has 5 nitrogen and oxygen atoms in total. The molecule has 0 bridgehead atoms. The zero-order chi connectivity index (χ0) is 19.6. The number of anilines is 1. The molecule has 1 saturated heterocycles. The van der Waals surface area contributed by atoms with Crippen LogP contribution in [0.4, 0.5) is 10.2 Å². The van der Waals surface area contributed by atoms with E-state index in [9.17, 15) is 14.4 Å². The second-order valence-corrected chi connectivity index (χ2v) is 7.39. The van der Waals surface area contributed by atoms with E-state index in [1.54, 1.807) is 16.7 Å². The molecule has 0 saturated carbocycles. The lowest BCUT2D eigenvalue weighted by Gasteiger charge is -2.29. The molecule has 27 heavy (non-hydrogen) atoms. The molecule has 6 heteroatoms. The molecule has 1 fully saturated rings. The Kier molecular flexibility index (Phi) is 5.62. The van der Waals surface area contributed by atoms with Crippen LogP contribution in [0.1, 0.15) is 43.0 Å². The van der Waals surface area contributed by atoms with E-state index in [1.807, 2.05) is 13.8 Å². The summed E-state index contributed by atoms with van der Waals surface area (Å²) in [6, 6.07) is 8.82. The number of carbonyl (C=O) groups is 1. The van der Waals surface area contributed by atoms with Crippen LogP contribution in [-0.4, -0.2) is 29.6 Å². The van der Waals surface area contributed by atoms with Gasteiger partial charge in [0.2, 0.25) is 0 Å². The third-order valence-corrected chi connectivity index (χ3v) is 5.62. The number of hydrogen-bond donors (Lipinski definition) is 2. The number of carbonyl (C=O) groups excluding carboxylic acids is 1. The first kappa shape index (κ1) is 19.1. The van der Waals surface area contributed by atoms with Gasteiger partial charge in [-0.1, -0.05) is 6.07 Å². The molecular formula is C21H26FN4O+. The Morgan fingerprint density at radius 3 is 2.85 bits per heavy atom. The first-order valence-electron chi connectivity index (χ1n) is 9.44. The van der Waals surface area contributed by atoms with Gasteiger partial charge in [-0.2, -0.15) is 5.26 Å². The van der Waals surface area contributed by atoms with Gasteiger partial charge in [-0.15, -0.1) is 0 Å². The first-order valence-corrected chi connectivity index (χ1v) is 9.44. The molecule has 1 aromatic heterocycles. The summed E-state index contributed by atoms with van der Waals surface area (Å²) in [5.74, 6) is -0.0572. The minimum absolute atomic E-state index is 0.120. The van der Waals surface area contributed by atoms with Crippen molar-refractivity contribution in [3.05, 3.63) is 46.9 Å². The zero-order valence-electron chi connectivity index (χ0n) is 16.1. The summed E-state index contributed by atoms with van der Waals surface area (Å²) in [5.41, 5.74) is 2.61. The maximum absolute atomic E-state index is 13.8. The molecule has 0 aliphatic carbocycles. The van der Waals surface area contributed by atoms with E-state index in [1.165, 1.54) is 23.5 Å². The van der Waals surface area contributed by atoms with E-state index in [4.69, 9.17) is 0 Å². The Morgan fingerprint density at radius 1 is 1.41 bits per heavy atom. The number of piperidine rings is 1. The van der Waals surface area contributed by atoms with E-state index in [0.717, 1.165) is 30.6 Å². The fraction of sp³-hybridized carbons (Fsp3) is 0.429. The van der Waals surface area contributed by atoms with Crippen LogP contribution in [0.15, 0.2) is 24.3 Å². The third-order valence-electron chi connectivity index (χ3n) is 5.62. The molecule has 1 aromatic carbocycles. The highest BCUT2D eigenvalue weighted by atomic mass is 19.1. The lowest BCUT2D eigenvalue weighted by molar-refractivity contribution is -0.920. The van der Waals surface area contributed by atoms with Gasteiger partial charge in [-0.25, -0.2) is 4.39 Å². The van der Waals surface area contributed by atoms with Gasteiger partial charge in [-0.05, 0) is 63.8 Å². The van der Waals surface area contributed by atoms with E-state index >= 15 is 0 Å². The van der Waals surface area contributed by atoms with Crippen LogP contribution in [0, 0.1) is 31.0 Å². The van der Waals surface area contributed by atoms with Crippen molar-refractivity contribution in [2.24, 2.45) is 0 Å². The van der Waals surface area contributed by atoms with Crippen molar-refractivity contribution in [3.63, 3.8) is 0 Å². The van der Waals surface area contributed by atoms with Crippen molar-refractivity contribution in [2.45, 2.75) is 46.1 Å². The highest BCUT2D eigenvalue weighted by Crippen LogP contribution is 2.30. The summed E-state index contributed by atoms with van der Waals surface area (Å²) in [6.45, 7) is 7.25. The monoisotopic (exact) mass is 369 g/mol. The summed E-state index contributed by atoms with van der Waals surface area (Å²) < 4.78 is 15.5. The topological polar surface area (TPSA) is 62.3 Å². The van der Waals surface area contributed by atoms with Gasteiger partial charge in [0.1, 0.15) is 17.7 Å². The SMILES string of the molecule is Cc1c(C#N)c(NC(=O)C[NH+]2CCCC[C@H]2C)n(-c2cccc(F)c2)c1C. The minimum Gasteiger partial charge on any atom is -0.325 e. The van der Waals surface area contributed by atoms with Crippen LogP contribution in [0.5, 0.6) is 0 Å². The lowest BCUT2D eigenvalue weighted by atomic mass is 10.0. The number of hydrogen-bond acceptors (Lipinski definition) is 2. The largest absolute Gasteiger partial charge is 0.325 e. The number of nitrogens with one attached hydrogen (secondary N) is 2. The van der Waals surface area contributed by atoms with Gasteiger partial charge in [-0.3, -0.25) is 9.36 Å². The molecule has 1 aliphatic rings. The molecule has 1 unspecified atom stereocenters. The van der Waals surface area contributed by atoms with Crippen molar-refractivity contribution >= 4 is 11.7 Å². The first-order chi connectivity index (χ1) is 12.9. The van der Waals surface area contributed by atoms with Crippen molar-refractivity contribution < 1.29 is 14.1 Å². The Hall–Kier alpha value is -2.65. The molecule has 1 aliphatic heterocycles. The number of quaternary nitrogens is 1. The Balaban J connectivity index is 1.93. The number of aromatic nitrogens is 1. The molecule has 2 N–H and O–H groups in total. The molecule has 2 aromatic rings. The zero-order valence-corrected chi connectivity index (χ0v) is 16.1. The van der Waals surface area contributed by atoms with Gasteiger partial charge in [0.15, 0.2) is 6.54 Å². The van der Waals surface area contributed by atoms with Crippen LogP contribution < -0.4 is 10.2 Å². The number of rotatable bonds is 4. The Bertz CT molecular complexity index is 896. The van der Waals surface area contributed by atoms with E-state index in [2.05, 4.69) is 18.3 Å². The summed E-state index contributed by atoms with van der Waals surface area (Å²) in [6.07, 6.45) is 3.48. The minimum atomic E-state index is -0.361. The van der Waals surface area contributed by atoms with Gasteiger partial charge in [0, 0.05) is 5.69 Å². The lowest BCUT2D eigenvalue weighted by Crippen LogP contribution is -3.17. The van der Waals surface area contributed by atoms with E-state index < -0.39 is 0 Å². The molecule has 2 heterocycles. The number of likely N-dealkylation sites (tertiary alicyclic amines) is 1. The van der Waals surface area contributed by atoms with Gasteiger partial charge in [0.05, 0.1) is 23.8 Å². The third kappa shape index (κ3) is 3.88. The fourth-order valence-corrected chi connectivity index (χ4v) is 3.90. The van der Waals surface area contributed by atoms with E-state index in [-0.39, 0.29) is 11.7 Å². The summed E-state index contributed by atoms with van der Waals surface area (Å²) in [5, 5.41) is 12.6. The second kappa shape index (κ2) is 7.93. The predicted molar refractivity (Wildman–Crippen MR) is 103 cm³/mol. The van der Waals surface area contributed by atoms with Crippen LogP contribution in [-0.2, 0) is 4.79 Å². The quantitative estimate of drug-likeness (QED) is 0.870. The maximum atomic E-state index is 13.8. The highest BCUT2D eigenvalue weighted by molar-refractivity contribution is 5.93. The fourth-order valence-electron chi connectivity index (χ4n) is 3.90. The number of benzene rings is 1. The van der Waals surface area contributed by atoms with Crippen molar-refractivity contribution in [2.75, 3.05) is 18.4 Å². The average molecular weight is 369 g/mol. The van der Waals surface area contributed by atoms with Gasteiger partial charge >= 0.3 is 0 Å². The Morgan fingerprint density at radius 2 is 2.19 bits per heavy atom. The molecule has 0 spiro atoms. The number of nitriles is 1. The number of halogens is 1. The van der Waals surface area contributed by atoms with Crippen LogP contribution in [0.3, 0.4) is 0 Å². The van der Waals surface area contributed by atoms with E-state index in [0.29, 0.717) is 29.7 Å². The second-order valence-electron chi connectivity index (χ2n) is 7.39. The van der Waals surface area contributed by atoms with Crippen LogP contribution >= 0.6 is 0 Å². The van der Waals surface area contributed by atoms with Crippen molar-refractivity contribution in [1.29, 1.82) is 5.26 Å². The standard InChI is InChI=1S/C21H25FN4O/c1-14-7-4-5-10-25(14)13-20(27)24-21-19(12-23)15(2)16(3)26(21)18-9-6-8-17(22)11-18/h6,8-9,11,14H,4-5,7,10,13H2,1-3H3,(H,24,27)/p+1/t14-/m1/s1. The summed E-state index contributed by atoms with van der Waals surface area (Å²) in [4.78, 5) is 14.0. The van der Waals surface area contributed by atoms with Gasteiger partial charge < -0.3 is 10.2 Å². The molecule has 0 radical (unpaired) electrons. The maximum Gasteiger partial charge on any atom is 0.280 e. The number of amides is 1. The molecule has 1 amide bonds. The molecule has 142 valence electrons. The smallest absolute Gasteiger partial charge is 0.280 e. The predicted octanol–water partition coefficient (Wildman–Crippen LogP) is 2.50. The average Bonchev–Trinajstić information content (AvgIpc) is 2.87. The van der Waals surface area contributed by atoms with Gasteiger partial charge in [0.25, 0.3) is 5.91 Å². The summed E-state index contributed by atoms with van der Waals surface area (Å²) in [7, 11) is 0. The molecule has 2 atom stereocenters.